The zero-order chi connectivity index (χ0) is 12.9. The lowest BCUT2D eigenvalue weighted by atomic mass is 10.0. The second kappa shape index (κ2) is 6.42. The molecular weight excluding hydrogens is 221 g/mol. The Morgan fingerprint density at radius 3 is 2.06 bits per heavy atom. The van der Waals surface area contributed by atoms with Crippen LogP contribution in [-0.4, -0.2) is 47.5 Å². The number of alkyl halides is 3. The van der Waals surface area contributed by atoms with Crippen LogP contribution < -0.4 is 5.73 Å². The molecule has 98 valence electrons. The van der Waals surface area contributed by atoms with E-state index in [1.165, 1.54) is 4.90 Å². The Morgan fingerprint density at radius 2 is 1.81 bits per heavy atom. The van der Waals surface area contributed by atoms with Crippen LogP contribution in [0.3, 0.4) is 0 Å². The highest BCUT2D eigenvalue weighted by Gasteiger charge is 2.47. The van der Waals surface area contributed by atoms with Crippen molar-refractivity contribution in [1.29, 1.82) is 0 Å². The molecule has 0 fully saturated rings. The normalized spacial score (nSPS) is 16.9. The van der Waals surface area contributed by atoms with Crippen molar-refractivity contribution in [3.05, 3.63) is 0 Å². The molecule has 0 aromatic heterocycles. The molecule has 0 amide bonds. The molecule has 2 unspecified atom stereocenters. The summed E-state index contributed by atoms with van der Waals surface area (Å²) in [5.74, 6) is 0. The first kappa shape index (κ1) is 15.7. The number of halogens is 3. The Balaban J connectivity index is 4.96. The van der Waals surface area contributed by atoms with E-state index in [1.807, 2.05) is 0 Å². The average molecular weight is 242 g/mol. The molecule has 0 aromatic carbocycles. The van der Waals surface area contributed by atoms with Gasteiger partial charge in [0.15, 0.2) is 0 Å². The van der Waals surface area contributed by atoms with Crippen LogP contribution in [0.4, 0.5) is 13.2 Å². The molecule has 0 aromatic rings. The van der Waals surface area contributed by atoms with Gasteiger partial charge in [-0.15, -0.1) is 0 Å². The molecule has 0 spiro atoms. The maximum Gasteiger partial charge on any atom is 0.405 e. The summed E-state index contributed by atoms with van der Waals surface area (Å²) in [6.07, 6.45) is -4.12. The highest BCUT2D eigenvalue weighted by molar-refractivity contribution is 4.89. The van der Waals surface area contributed by atoms with Crippen LogP contribution in [0.2, 0.25) is 0 Å². The van der Waals surface area contributed by atoms with Gasteiger partial charge in [-0.05, 0) is 20.3 Å². The maximum atomic E-state index is 12.9. The first-order valence-electron chi connectivity index (χ1n) is 5.44. The highest BCUT2D eigenvalue weighted by atomic mass is 19.4. The number of rotatable bonds is 6. The largest absolute Gasteiger partial charge is 0.405 e. The van der Waals surface area contributed by atoms with Crippen molar-refractivity contribution >= 4 is 0 Å². The average Bonchev–Trinajstić information content (AvgIpc) is 2.14. The summed E-state index contributed by atoms with van der Waals surface area (Å²) in [6.45, 7) is 4.63. The van der Waals surface area contributed by atoms with Crippen LogP contribution >= 0.6 is 0 Å². The van der Waals surface area contributed by atoms with Crippen molar-refractivity contribution in [2.75, 3.05) is 13.2 Å². The molecule has 0 aliphatic carbocycles. The van der Waals surface area contributed by atoms with E-state index in [2.05, 4.69) is 0 Å². The van der Waals surface area contributed by atoms with E-state index < -0.39 is 18.3 Å². The number of hydrogen-bond acceptors (Lipinski definition) is 3. The van der Waals surface area contributed by atoms with E-state index in [1.54, 1.807) is 20.8 Å². The molecule has 0 rings (SSSR count). The molecule has 0 bridgehead atoms. The lowest BCUT2D eigenvalue weighted by molar-refractivity contribution is -0.195. The van der Waals surface area contributed by atoms with Gasteiger partial charge in [-0.3, -0.25) is 4.90 Å². The zero-order valence-electron chi connectivity index (χ0n) is 9.96. The van der Waals surface area contributed by atoms with Gasteiger partial charge < -0.3 is 10.8 Å². The van der Waals surface area contributed by atoms with Crippen LogP contribution in [0.5, 0.6) is 0 Å². The van der Waals surface area contributed by atoms with Crippen molar-refractivity contribution < 1.29 is 18.3 Å². The number of nitrogens with two attached hydrogens (primary N) is 1. The molecule has 0 radical (unpaired) electrons. The summed E-state index contributed by atoms with van der Waals surface area (Å²) < 4.78 is 38.7. The fourth-order valence-corrected chi connectivity index (χ4v) is 1.73. The number of aliphatic hydroxyl groups is 1. The van der Waals surface area contributed by atoms with E-state index in [0.717, 1.165) is 0 Å². The van der Waals surface area contributed by atoms with Gasteiger partial charge in [-0.2, -0.15) is 13.2 Å². The van der Waals surface area contributed by atoms with Gasteiger partial charge in [0.05, 0.1) is 6.61 Å². The Kier molecular flexibility index (Phi) is 6.28. The van der Waals surface area contributed by atoms with E-state index in [4.69, 9.17) is 10.8 Å². The lowest BCUT2D eigenvalue weighted by Gasteiger charge is -2.38. The SMILES string of the molecule is CCC(N)C(N(CCO)C(C)C)C(F)(F)F. The summed E-state index contributed by atoms with van der Waals surface area (Å²) >= 11 is 0. The summed E-state index contributed by atoms with van der Waals surface area (Å²) in [5.41, 5.74) is 5.53. The first-order valence-corrected chi connectivity index (χ1v) is 5.44. The van der Waals surface area contributed by atoms with E-state index in [0.29, 0.717) is 0 Å². The fraction of sp³-hybridized carbons (Fsp3) is 1.00. The Bertz CT molecular complexity index is 197. The molecule has 16 heavy (non-hydrogen) atoms. The smallest absolute Gasteiger partial charge is 0.395 e. The Morgan fingerprint density at radius 1 is 1.31 bits per heavy atom. The summed E-state index contributed by atoms with van der Waals surface area (Å²) in [4.78, 5) is 1.20. The van der Waals surface area contributed by atoms with Crippen LogP contribution in [0.1, 0.15) is 27.2 Å². The minimum atomic E-state index is -4.37. The molecule has 0 saturated carbocycles. The van der Waals surface area contributed by atoms with Crippen molar-refractivity contribution in [1.82, 2.24) is 4.90 Å². The molecule has 3 N–H and O–H groups in total. The van der Waals surface area contributed by atoms with Gasteiger partial charge >= 0.3 is 6.18 Å². The van der Waals surface area contributed by atoms with Crippen LogP contribution in [-0.2, 0) is 0 Å². The monoisotopic (exact) mass is 242 g/mol. The van der Waals surface area contributed by atoms with Gasteiger partial charge in [0.25, 0.3) is 0 Å². The van der Waals surface area contributed by atoms with Crippen molar-refractivity contribution in [2.24, 2.45) is 5.73 Å². The first-order chi connectivity index (χ1) is 7.25. The third kappa shape index (κ3) is 4.27. The second-order valence-corrected chi connectivity index (χ2v) is 4.11. The van der Waals surface area contributed by atoms with Gasteiger partial charge in [0.1, 0.15) is 6.04 Å². The maximum absolute atomic E-state index is 12.9. The van der Waals surface area contributed by atoms with E-state index in [9.17, 15) is 13.2 Å². The summed E-state index contributed by atoms with van der Waals surface area (Å²) in [6, 6.07) is -2.96. The molecule has 0 heterocycles. The minimum absolute atomic E-state index is 0.0183. The summed E-state index contributed by atoms with van der Waals surface area (Å²) in [5, 5.41) is 8.80. The van der Waals surface area contributed by atoms with Crippen molar-refractivity contribution in [3.8, 4) is 0 Å². The van der Waals surface area contributed by atoms with Gasteiger partial charge in [-0.1, -0.05) is 6.92 Å². The Labute approximate surface area is 94.4 Å². The van der Waals surface area contributed by atoms with Crippen LogP contribution in [0, 0.1) is 0 Å². The standard InChI is InChI=1S/C10H21F3N2O/c1-4-8(14)9(10(11,12)13)15(5-6-16)7(2)3/h7-9,16H,4-6,14H2,1-3H3. The lowest BCUT2D eigenvalue weighted by Crippen LogP contribution is -2.58. The van der Waals surface area contributed by atoms with E-state index in [-0.39, 0.29) is 25.6 Å². The quantitative estimate of drug-likeness (QED) is 0.739. The highest BCUT2D eigenvalue weighted by Crippen LogP contribution is 2.28. The van der Waals surface area contributed by atoms with E-state index >= 15 is 0 Å². The molecule has 0 aliphatic heterocycles. The molecule has 3 nitrogen and oxygen atoms in total. The van der Waals surface area contributed by atoms with Crippen LogP contribution in [0.25, 0.3) is 0 Å². The van der Waals surface area contributed by atoms with Gasteiger partial charge in [-0.25, -0.2) is 0 Å². The van der Waals surface area contributed by atoms with Crippen LogP contribution in [0.15, 0.2) is 0 Å². The molecule has 0 saturated heterocycles. The molecular formula is C10H21F3N2O. The predicted octanol–water partition coefficient (Wildman–Crippen LogP) is 1.36. The molecule has 6 heteroatoms. The van der Waals surface area contributed by atoms with Crippen molar-refractivity contribution in [3.63, 3.8) is 0 Å². The summed E-state index contributed by atoms with van der Waals surface area (Å²) in [7, 11) is 0. The van der Waals surface area contributed by atoms with Crippen molar-refractivity contribution in [2.45, 2.75) is 51.5 Å². The third-order valence-electron chi connectivity index (χ3n) is 2.59. The second-order valence-electron chi connectivity index (χ2n) is 4.11. The topological polar surface area (TPSA) is 49.5 Å². The fourth-order valence-electron chi connectivity index (χ4n) is 1.73. The zero-order valence-corrected chi connectivity index (χ0v) is 9.96. The third-order valence-corrected chi connectivity index (χ3v) is 2.59. The minimum Gasteiger partial charge on any atom is -0.395 e. The number of hydrogen-bond donors (Lipinski definition) is 2. The number of aliphatic hydroxyl groups excluding tert-OH is 1. The predicted molar refractivity (Wildman–Crippen MR) is 57.0 cm³/mol. The molecule has 2 atom stereocenters. The van der Waals surface area contributed by atoms with Gasteiger partial charge in [0.2, 0.25) is 0 Å². The Hall–Kier alpha value is -0.330. The molecule has 0 aliphatic rings. The van der Waals surface area contributed by atoms with Gasteiger partial charge in [0, 0.05) is 18.6 Å². The number of nitrogens with zero attached hydrogens (tertiary/aromatic N) is 1.